The van der Waals surface area contributed by atoms with E-state index >= 15 is 0 Å². The molecule has 0 N–H and O–H groups in total. The molecule has 0 aliphatic rings. The number of hydrogen-bond acceptors (Lipinski definition) is 1. The maximum absolute atomic E-state index is 13.0. The van der Waals surface area contributed by atoms with Crippen LogP contribution in [-0.4, -0.2) is 0 Å². The molecule has 0 saturated carbocycles. The van der Waals surface area contributed by atoms with Crippen molar-refractivity contribution < 1.29 is 13.2 Å². The number of rotatable bonds is 1. The fourth-order valence-electron chi connectivity index (χ4n) is 1.27. The number of benzene rings is 1. The van der Waals surface area contributed by atoms with E-state index in [0.717, 1.165) is 11.3 Å². The van der Waals surface area contributed by atoms with Crippen LogP contribution in [0.2, 0.25) is 5.02 Å². The van der Waals surface area contributed by atoms with E-state index < -0.39 is 12.2 Å². The van der Waals surface area contributed by atoms with E-state index in [1.165, 1.54) is 17.5 Å². The van der Waals surface area contributed by atoms with Gasteiger partial charge in [0.2, 0.25) is 0 Å². The van der Waals surface area contributed by atoms with Crippen molar-refractivity contribution in [1.82, 2.24) is 0 Å². The Morgan fingerprint density at radius 2 is 2.00 bits per heavy atom. The van der Waals surface area contributed by atoms with E-state index in [9.17, 15) is 13.2 Å². The SMILES string of the molecule is Fc1csc2c(C(F)F)c(Cl)ccc12. The van der Waals surface area contributed by atoms with Crippen LogP contribution in [0.1, 0.15) is 12.0 Å². The van der Waals surface area contributed by atoms with Crippen molar-refractivity contribution in [3.05, 3.63) is 33.9 Å². The second kappa shape index (κ2) is 3.44. The van der Waals surface area contributed by atoms with E-state index in [-0.39, 0.29) is 20.7 Å². The molecule has 1 aromatic heterocycles. The number of hydrogen-bond donors (Lipinski definition) is 0. The van der Waals surface area contributed by atoms with Gasteiger partial charge in [-0.1, -0.05) is 11.6 Å². The lowest BCUT2D eigenvalue weighted by Crippen LogP contribution is -1.86. The van der Waals surface area contributed by atoms with Gasteiger partial charge in [0.25, 0.3) is 6.43 Å². The second-order valence-electron chi connectivity index (χ2n) is 2.72. The minimum Gasteiger partial charge on any atom is -0.205 e. The Labute approximate surface area is 86.9 Å². The topological polar surface area (TPSA) is 0 Å². The molecule has 0 nitrogen and oxygen atoms in total. The lowest BCUT2D eigenvalue weighted by Gasteiger charge is -2.03. The van der Waals surface area contributed by atoms with Gasteiger partial charge in [-0.15, -0.1) is 11.3 Å². The highest BCUT2D eigenvalue weighted by Gasteiger charge is 2.18. The monoisotopic (exact) mass is 236 g/mol. The number of alkyl halides is 2. The van der Waals surface area contributed by atoms with Crippen molar-refractivity contribution in [1.29, 1.82) is 0 Å². The Kier molecular flexibility index (Phi) is 2.41. The molecule has 74 valence electrons. The van der Waals surface area contributed by atoms with E-state index in [0.29, 0.717) is 0 Å². The van der Waals surface area contributed by atoms with Crippen LogP contribution in [-0.2, 0) is 0 Å². The molecule has 0 radical (unpaired) electrons. The number of halogens is 4. The zero-order chi connectivity index (χ0) is 10.3. The van der Waals surface area contributed by atoms with Gasteiger partial charge in [-0.25, -0.2) is 13.2 Å². The van der Waals surface area contributed by atoms with Crippen LogP contribution in [0.3, 0.4) is 0 Å². The van der Waals surface area contributed by atoms with E-state index in [1.807, 2.05) is 0 Å². The largest absolute Gasteiger partial charge is 0.266 e. The van der Waals surface area contributed by atoms with Crippen molar-refractivity contribution >= 4 is 33.0 Å². The van der Waals surface area contributed by atoms with Gasteiger partial charge in [0.15, 0.2) is 0 Å². The highest BCUT2D eigenvalue weighted by molar-refractivity contribution is 7.17. The molecule has 0 bridgehead atoms. The lowest BCUT2D eigenvalue weighted by atomic mass is 10.1. The van der Waals surface area contributed by atoms with E-state index in [2.05, 4.69) is 0 Å². The van der Waals surface area contributed by atoms with Crippen LogP contribution in [0.15, 0.2) is 17.5 Å². The summed E-state index contributed by atoms with van der Waals surface area (Å²) in [5.74, 6) is -0.483. The molecular formula is C9H4ClF3S. The first-order chi connectivity index (χ1) is 6.61. The summed E-state index contributed by atoms with van der Waals surface area (Å²) in [4.78, 5) is 0. The standard InChI is InChI=1S/C9H4ClF3S/c10-5-2-1-4-6(11)3-14-8(4)7(5)9(12)13/h1-3,9H. The maximum Gasteiger partial charge on any atom is 0.266 e. The van der Waals surface area contributed by atoms with E-state index in [4.69, 9.17) is 11.6 Å². The van der Waals surface area contributed by atoms with Gasteiger partial charge < -0.3 is 0 Å². The third kappa shape index (κ3) is 1.38. The third-order valence-corrected chi connectivity index (χ3v) is 3.23. The molecule has 0 fully saturated rings. The number of thiophene rings is 1. The molecule has 5 heteroatoms. The third-order valence-electron chi connectivity index (χ3n) is 1.90. The maximum atomic E-state index is 13.0. The Morgan fingerprint density at radius 3 is 2.64 bits per heavy atom. The molecule has 0 aliphatic heterocycles. The molecule has 0 unspecified atom stereocenters. The average Bonchev–Trinajstić information content (AvgIpc) is 2.47. The fraction of sp³-hybridized carbons (Fsp3) is 0.111. The first-order valence-corrected chi connectivity index (χ1v) is 5.00. The summed E-state index contributed by atoms with van der Waals surface area (Å²) in [6.45, 7) is 0. The normalized spacial score (nSPS) is 11.5. The molecule has 2 rings (SSSR count). The molecule has 14 heavy (non-hydrogen) atoms. The van der Waals surface area contributed by atoms with Gasteiger partial charge in [-0.3, -0.25) is 0 Å². The number of fused-ring (bicyclic) bond motifs is 1. The summed E-state index contributed by atoms with van der Waals surface area (Å²) < 4.78 is 38.4. The Balaban J connectivity index is 2.83. The van der Waals surface area contributed by atoms with Gasteiger partial charge in [0, 0.05) is 15.5 Å². The van der Waals surface area contributed by atoms with Gasteiger partial charge in [0.05, 0.1) is 10.6 Å². The molecule has 1 heterocycles. The minimum absolute atomic E-state index is 0.0191. The summed E-state index contributed by atoms with van der Waals surface area (Å²) in [5.41, 5.74) is -0.280. The first-order valence-electron chi connectivity index (χ1n) is 3.74. The van der Waals surface area contributed by atoms with Crippen molar-refractivity contribution in [3.63, 3.8) is 0 Å². The molecule has 0 aliphatic carbocycles. The van der Waals surface area contributed by atoms with Crippen molar-refractivity contribution in [3.8, 4) is 0 Å². The van der Waals surface area contributed by atoms with Crippen LogP contribution < -0.4 is 0 Å². The predicted molar refractivity (Wildman–Crippen MR) is 51.8 cm³/mol. The summed E-state index contributed by atoms with van der Waals surface area (Å²) in [6, 6.07) is 2.70. The molecular weight excluding hydrogens is 233 g/mol. The van der Waals surface area contributed by atoms with Gasteiger partial charge in [0.1, 0.15) is 5.82 Å². The Morgan fingerprint density at radius 1 is 1.29 bits per heavy atom. The van der Waals surface area contributed by atoms with Gasteiger partial charge >= 0.3 is 0 Å². The first kappa shape index (κ1) is 9.80. The summed E-state index contributed by atoms with van der Waals surface area (Å²) >= 11 is 6.56. The zero-order valence-corrected chi connectivity index (χ0v) is 8.30. The Hall–Kier alpha value is -0.740. The van der Waals surface area contributed by atoms with Crippen molar-refractivity contribution in [2.75, 3.05) is 0 Å². The summed E-state index contributed by atoms with van der Waals surface area (Å²) in [6.07, 6.45) is -2.68. The van der Waals surface area contributed by atoms with Gasteiger partial charge in [-0.05, 0) is 12.1 Å². The molecule has 0 saturated heterocycles. The predicted octanol–water partition coefficient (Wildman–Crippen LogP) is 4.63. The Bertz CT molecular complexity index is 478. The van der Waals surface area contributed by atoms with Crippen LogP contribution in [0.5, 0.6) is 0 Å². The molecule has 0 spiro atoms. The van der Waals surface area contributed by atoms with E-state index in [1.54, 1.807) is 0 Å². The zero-order valence-electron chi connectivity index (χ0n) is 6.73. The molecule has 1 aromatic carbocycles. The average molecular weight is 237 g/mol. The quantitative estimate of drug-likeness (QED) is 0.677. The van der Waals surface area contributed by atoms with Crippen molar-refractivity contribution in [2.24, 2.45) is 0 Å². The highest BCUT2D eigenvalue weighted by Crippen LogP contribution is 2.38. The van der Waals surface area contributed by atoms with Crippen LogP contribution in [0.25, 0.3) is 10.1 Å². The minimum atomic E-state index is -2.68. The smallest absolute Gasteiger partial charge is 0.205 e. The van der Waals surface area contributed by atoms with Crippen LogP contribution >= 0.6 is 22.9 Å². The van der Waals surface area contributed by atoms with Crippen LogP contribution in [0.4, 0.5) is 13.2 Å². The van der Waals surface area contributed by atoms with Crippen LogP contribution in [0, 0.1) is 5.82 Å². The van der Waals surface area contributed by atoms with Gasteiger partial charge in [-0.2, -0.15) is 0 Å². The summed E-state index contributed by atoms with van der Waals surface area (Å²) in [7, 11) is 0. The molecule has 2 aromatic rings. The molecule has 0 atom stereocenters. The van der Waals surface area contributed by atoms with Crippen molar-refractivity contribution in [2.45, 2.75) is 6.43 Å². The fourth-order valence-corrected chi connectivity index (χ4v) is 2.53. The second-order valence-corrected chi connectivity index (χ2v) is 4.01. The molecule has 0 amide bonds. The highest BCUT2D eigenvalue weighted by atomic mass is 35.5. The lowest BCUT2D eigenvalue weighted by molar-refractivity contribution is 0.153. The summed E-state index contributed by atoms with van der Waals surface area (Å²) in [5, 5.41) is 1.39.